The number of hydrogen-bond donors (Lipinski definition) is 5. The Morgan fingerprint density at radius 3 is 2.24 bits per heavy atom. The summed E-state index contributed by atoms with van der Waals surface area (Å²) in [4.78, 5) is 23.1. The lowest BCUT2D eigenvalue weighted by Crippen LogP contribution is -2.12. The molecule has 3 rings (SSSR count). The Hall–Kier alpha value is -3.95. The van der Waals surface area contributed by atoms with Gasteiger partial charge in [-0.05, 0) is 41.6 Å². The molecule has 0 aliphatic carbocycles. The number of amides is 1. The van der Waals surface area contributed by atoms with Gasteiger partial charge in [0.2, 0.25) is 5.82 Å². The Morgan fingerprint density at radius 1 is 1.00 bits per heavy atom. The average molecular weight is 341 g/mol. The van der Waals surface area contributed by atoms with Gasteiger partial charge in [-0.2, -0.15) is 5.21 Å². The number of phenols is 2. The number of anilines is 1. The molecule has 1 heterocycles. The number of aromatic nitrogens is 4. The van der Waals surface area contributed by atoms with Crippen molar-refractivity contribution in [3.05, 3.63) is 47.5 Å². The van der Waals surface area contributed by atoms with Gasteiger partial charge in [0.25, 0.3) is 5.91 Å². The molecular weight excluding hydrogens is 330 g/mol. The smallest absolute Gasteiger partial charge is 0.339 e. The first-order chi connectivity index (χ1) is 12.0. The fourth-order valence-electron chi connectivity index (χ4n) is 2.12. The zero-order valence-corrected chi connectivity index (χ0v) is 12.5. The van der Waals surface area contributed by atoms with Gasteiger partial charge in [-0.1, -0.05) is 0 Å². The van der Waals surface area contributed by atoms with E-state index in [-0.39, 0.29) is 5.56 Å². The highest BCUT2D eigenvalue weighted by Crippen LogP contribution is 2.28. The quantitative estimate of drug-likeness (QED) is 0.443. The maximum atomic E-state index is 12.2. The van der Waals surface area contributed by atoms with E-state index in [0.717, 1.165) is 12.1 Å². The number of benzene rings is 2. The molecule has 5 N–H and O–H groups in total. The molecule has 0 atom stereocenters. The number of carbonyl (C=O) groups is 2. The van der Waals surface area contributed by atoms with Crippen molar-refractivity contribution in [2.24, 2.45) is 0 Å². The number of carboxylic acids is 1. The molecular formula is C15H11N5O5. The molecule has 0 aliphatic rings. The van der Waals surface area contributed by atoms with Crippen molar-refractivity contribution >= 4 is 17.6 Å². The molecule has 0 radical (unpaired) electrons. The van der Waals surface area contributed by atoms with Gasteiger partial charge in [-0.15, -0.1) is 10.2 Å². The van der Waals surface area contributed by atoms with Crippen LogP contribution in [0.5, 0.6) is 11.5 Å². The molecule has 25 heavy (non-hydrogen) atoms. The molecule has 3 aromatic rings. The van der Waals surface area contributed by atoms with Crippen LogP contribution in [-0.2, 0) is 0 Å². The van der Waals surface area contributed by atoms with Gasteiger partial charge in [-0.25, -0.2) is 4.79 Å². The van der Waals surface area contributed by atoms with E-state index in [1.807, 2.05) is 0 Å². The number of nitrogens with one attached hydrogen (secondary N) is 2. The third kappa shape index (κ3) is 3.22. The number of aromatic hydroxyl groups is 2. The summed E-state index contributed by atoms with van der Waals surface area (Å²) in [6, 6.07) is 8.20. The summed E-state index contributed by atoms with van der Waals surface area (Å²) in [5, 5.41) is 44.3. The molecule has 2 aromatic carbocycles. The summed E-state index contributed by atoms with van der Waals surface area (Å²) in [6.45, 7) is 0. The topological polar surface area (TPSA) is 161 Å². The van der Waals surface area contributed by atoms with Crippen LogP contribution in [0, 0.1) is 0 Å². The Labute approximate surface area is 139 Å². The van der Waals surface area contributed by atoms with E-state index in [9.17, 15) is 19.8 Å². The van der Waals surface area contributed by atoms with E-state index < -0.39 is 28.9 Å². The van der Waals surface area contributed by atoms with Crippen LogP contribution in [0.4, 0.5) is 5.69 Å². The van der Waals surface area contributed by atoms with Crippen molar-refractivity contribution < 1.29 is 24.9 Å². The summed E-state index contributed by atoms with van der Waals surface area (Å²) < 4.78 is 0. The summed E-state index contributed by atoms with van der Waals surface area (Å²) in [5.41, 5.74) is 0.333. The fourth-order valence-corrected chi connectivity index (χ4v) is 2.12. The van der Waals surface area contributed by atoms with Crippen LogP contribution in [0.15, 0.2) is 36.4 Å². The second kappa shape index (κ2) is 6.28. The molecule has 0 saturated heterocycles. The standard InChI is InChI=1S/C15H11N5O5/c21-11-6-10(15(24)25)12(22)5-9(11)14(23)16-8-3-1-7(2-4-8)13-17-19-20-18-13/h1-6,21-22H,(H,16,23)(H,24,25)(H,17,18,19,20). The molecule has 0 fully saturated rings. The van der Waals surface area contributed by atoms with Crippen LogP contribution in [-0.4, -0.2) is 47.8 Å². The highest BCUT2D eigenvalue weighted by atomic mass is 16.4. The Bertz CT molecular complexity index is 938. The third-order valence-corrected chi connectivity index (χ3v) is 3.34. The number of carbonyl (C=O) groups excluding carboxylic acids is 1. The number of nitrogens with zero attached hydrogens (tertiary/aromatic N) is 3. The first-order valence-electron chi connectivity index (χ1n) is 6.90. The summed E-state index contributed by atoms with van der Waals surface area (Å²) in [5.74, 6) is -2.92. The normalized spacial score (nSPS) is 10.4. The Kier molecular flexibility index (Phi) is 4.00. The van der Waals surface area contributed by atoms with Crippen molar-refractivity contribution in [2.75, 3.05) is 5.32 Å². The maximum Gasteiger partial charge on any atom is 0.339 e. The van der Waals surface area contributed by atoms with Crippen LogP contribution in [0.2, 0.25) is 0 Å². The van der Waals surface area contributed by atoms with E-state index in [1.54, 1.807) is 24.3 Å². The SMILES string of the molecule is O=C(O)c1cc(O)c(C(=O)Nc2ccc(-c3nn[nH]n3)cc2)cc1O. The predicted octanol–water partition coefficient (Wildman–Crippen LogP) is 1.23. The predicted molar refractivity (Wildman–Crippen MR) is 84.3 cm³/mol. The molecule has 10 nitrogen and oxygen atoms in total. The lowest BCUT2D eigenvalue weighted by Gasteiger charge is -2.09. The van der Waals surface area contributed by atoms with Gasteiger partial charge in [0.1, 0.15) is 17.1 Å². The molecule has 1 aromatic heterocycles. The second-order valence-corrected chi connectivity index (χ2v) is 4.96. The lowest BCUT2D eigenvalue weighted by molar-refractivity contribution is 0.0692. The van der Waals surface area contributed by atoms with Crippen molar-refractivity contribution in [3.8, 4) is 22.9 Å². The lowest BCUT2D eigenvalue weighted by atomic mass is 10.1. The molecule has 0 spiro atoms. The molecule has 0 aliphatic heterocycles. The van der Waals surface area contributed by atoms with E-state index in [0.29, 0.717) is 17.1 Å². The zero-order valence-electron chi connectivity index (χ0n) is 12.5. The largest absolute Gasteiger partial charge is 0.507 e. The van der Waals surface area contributed by atoms with Crippen molar-refractivity contribution in [2.45, 2.75) is 0 Å². The number of carboxylic acid groups (broad SMARTS) is 1. The number of tetrazole rings is 1. The molecule has 126 valence electrons. The highest BCUT2D eigenvalue weighted by molar-refractivity contribution is 6.07. The highest BCUT2D eigenvalue weighted by Gasteiger charge is 2.18. The van der Waals surface area contributed by atoms with Crippen LogP contribution < -0.4 is 5.32 Å². The zero-order chi connectivity index (χ0) is 18.0. The first kappa shape index (κ1) is 15.9. The summed E-state index contributed by atoms with van der Waals surface area (Å²) in [7, 11) is 0. The molecule has 0 saturated carbocycles. The minimum atomic E-state index is -1.42. The van der Waals surface area contributed by atoms with Crippen LogP contribution >= 0.6 is 0 Å². The number of hydrogen-bond acceptors (Lipinski definition) is 7. The second-order valence-electron chi connectivity index (χ2n) is 4.96. The number of phenolic OH excluding ortho intramolecular Hbond substituents is 1. The van der Waals surface area contributed by atoms with Crippen LogP contribution in [0.25, 0.3) is 11.4 Å². The first-order valence-corrected chi connectivity index (χ1v) is 6.90. The number of rotatable bonds is 4. The monoisotopic (exact) mass is 341 g/mol. The van der Waals surface area contributed by atoms with E-state index in [2.05, 4.69) is 25.9 Å². The minimum absolute atomic E-state index is 0.259. The Balaban J connectivity index is 1.80. The van der Waals surface area contributed by atoms with Gasteiger partial charge in [-0.3, -0.25) is 4.79 Å². The van der Waals surface area contributed by atoms with Crippen molar-refractivity contribution in [1.29, 1.82) is 0 Å². The van der Waals surface area contributed by atoms with Gasteiger partial charge >= 0.3 is 5.97 Å². The number of H-pyrrole nitrogens is 1. The van der Waals surface area contributed by atoms with Crippen LogP contribution in [0.1, 0.15) is 20.7 Å². The van der Waals surface area contributed by atoms with E-state index in [1.165, 1.54) is 0 Å². The van der Waals surface area contributed by atoms with Gasteiger partial charge in [0.15, 0.2) is 0 Å². The fraction of sp³-hybridized carbons (Fsp3) is 0. The van der Waals surface area contributed by atoms with Crippen molar-refractivity contribution in [1.82, 2.24) is 20.6 Å². The average Bonchev–Trinajstić information content (AvgIpc) is 3.11. The summed E-state index contributed by atoms with van der Waals surface area (Å²) in [6.07, 6.45) is 0. The molecule has 0 bridgehead atoms. The van der Waals surface area contributed by atoms with Gasteiger partial charge in [0, 0.05) is 11.3 Å². The minimum Gasteiger partial charge on any atom is -0.507 e. The maximum absolute atomic E-state index is 12.2. The van der Waals surface area contributed by atoms with Gasteiger partial charge in [0.05, 0.1) is 5.56 Å². The number of aromatic amines is 1. The van der Waals surface area contributed by atoms with Gasteiger partial charge < -0.3 is 20.6 Å². The number of aromatic carboxylic acids is 1. The summed E-state index contributed by atoms with van der Waals surface area (Å²) >= 11 is 0. The Morgan fingerprint density at radius 2 is 1.64 bits per heavy atom. The van der Waals surface area contributed by atoms with Crippen molar-refractivity contribution in [3.63, 3.8) is 0 Å². The van der Waals surface area contributed by atoms with Crippen LogP contribution in [0.3, 0.4) is 0 Å². The van der Waals surface area contributed by atoms with E-state index in [4.69, 9.17) is 5.11 Å². The molecule has 0 unspecified atom stereocenters. The molecule has 10 heteroatoms. The van der Waals surface area contributed by atoms with E-state index >= 15 is 0 Å². The third-order valence-electron chi connectivity index (χ3n) is 3.34. The molecule has 1 amide bonds.